The van der Waals surface area contributed by atoms with Crippen molar-refractivity contribution in [2.75, 3.05) is 23.7 Å². The Labute approximate surface area is 341 Å². The Bertz CT molecular complexity index is 2730. The lowest BCUT2D eigenvalue weighted by atomic mass is 10.1. The SMILES string of the molecule is Cc1ccc(NS(=O)(=O)c2ccc(CSP3(=O)OC[C@H]4O[C@@H](n5cnc6c(N)ncnc65)[C@H](OP(=O)(O)OC[C@H]5O[C@@H](n6ccc(=O)[nH]c6=O)[C@H](O3)[C@@H]5F)[C@@H]4F)cc2)cc1. The molecule has 5 aromatic rings. The first kappa shape index (κ1) is 42.3. The molecule has 3 saturated heterocycles. The van der Waals surface area contributed by atoms with Crippen LogP contribution in [0.15, 0.2) is 87.9 Å². The number of nitrogens with two attached hydrogens (primary N) is 1. The highest BCUT2D eigenvalue weighted by Gasteiger charge is 2.55. The zero-order valence-electron chi connectivity index (χ0n) is 30.8. The van der Waals surface area contributed by atoms with Gasteiger partial charge in [0, 0.05) is 23.7 Å². The second kappa shape index (κ2) is 16.5. The van der Waals surface area contributed by atoms with Crippen LogP contribution in [-0.2, 0) is 52.5 Å². The fourth-order valence-corrected chi connectivity index (χ4v) is 11.9. The summed E-state index contributed by atoms with van der Waals surface area (Å²) in [5, 5.41) is 0. The molecule has 21 nitrogen and oxygen atoms in total. The Morgan fingerprint density at radius 2 is 1.57 bits per heavy atom. The van der Waals surface area contributed by atoms with Gasteiger partial charge in [-0.25, -0.2) is 46.1 Å². The van der Waals surface area contributed by atoms with E-state index < -0.39 is 98.3 Å². The fourth-order valence-electron chi connectivity index (χ4n) is 6.53. The molecule has 5 N–H and O–H groups in total. The molecular formula is C33H34F2N8O13P2S2. The molecule has 27 heteroatoms. The number of fused-ring (bicyclic) bond motifs is 5. The van der Waals surface area contributed by atoms with Crippen LogP contribution in [0.2, 0.25) is 0 Å². The van der Waals surface area contributed by atoms with E-state index in [4.69, 9.17) is 33.3 Å². The number of aryl methyl sites for hydroxylation is 1. The van der Waals surface area contributed by atoms with Gasteiger partial charge in [-0.05, 0) is 48.1 Å². The first-order chi connectivity index (χ1) is 28.5. The Morgan fingerprint density at radius 1 is 0.917 bits per heavy atom. The number of H-pyrrole nitrogens is 1. The highest BCUT2D eigenvalue weighted by atomic mass is 32.7. The van der Waals surface area contributed by atoms with E-state index in [0.29, 0.717) is 22.6 Å². The van der Waals surface area contributed by atoms with Crippen molar-refractivity contribution < 1.29 is 58.8 Å². The van der Waals surface area contributed by atoms with Crippen LogP contribution in [-0.4, -0.2) is 92.4 Å². The molecule has 2 unspecified atom stereocenters. The standard InChI is InChI=1S/C33H34F2N8O13P2S2/c1-17-2-6-19(7-3-17)41-60(49,50)20-8-4-18(5-9-20)14-59-58(48)52-13-22-24(34)27(32(54-22)43-16-39-26-29(36)37-15-38-30(26)43)55-57(46,47)51-12-21-25(35)28(56-58)31(53-21)42-11-10-23(44)40-33(42)45/h2-11,15-16,21-22,24-25,27-28,31-32,41H,12-14H2,1H3,(H,46,47)(H2,36,37,38)(H,40,44,45)/t21-,22-,24-,25-,27-,28-,31-,32-,58?/m1/s1. The molecule has 10 atom stereocenters. The van der Waals surface area contributed by atoms with Gasteiger partial charge in [0.1, 0.15) is 36.3 Å². The van der Waals surface area contributed by atoms with Gasteiger partial charge in [-0.1, -0.05) is 29.8 Å². The lowest BCUT2D eigenvalue weighted by molar-refractivity contribution is -0.0648. The van der Waals surface area contributed by atoms with E-state index in [0.717, 1.165) is 35.0 Å². The van der Waals surface area contributed by atoms with Crippen molar-refractivity contribution in [2.45, 2.75) is 66.8 Å². The predicted octanol–water partition coefficient (Wildman–Crippen LogP) is 3.50. The van der Waals surface area contributed by atoms with Gasteiger partial charge in [0.25, 0.3) is 15.6 Å². The number of phosphoric ester groups is 1. The number of aromatic nitrogens is 6. The van der Waals surface area contributed by atoms with E-state index in [2.05, 4.69) is 19.7 Å². The maximum atomic E-state index is 16.4. The zero-order valence-corrected chi connectivity index (χ0v) is 34.2. The van der Waals surface area contributed by atoms with Gasteiger partial charge in [0.2, 0.25) is 0 Å². The summed E-state index contributed by atoms with van der Waals surface area (Å²) in [5.74, 6) is -0.248. The van der Waals surface area contributed by atoms with Crippen molar-refractivity contribution in [3.8, 4) is 0 Å². The van der Waals surface area contributed by atoms with E-state index in [1.807, 2.05) is 11.9 Å². The van der Waals surface area contributed by atoms with Crippen LogP contribution >= 0.6 is 26.0 Å². The lowest BCUT2D eigenvalue weighted by Gasteiger charge is -2.27. The topological polar surface area (TPSA) is 280 Å². The second-order valence-electron chi connectivity index (χ2n) is 13.7. The smallest absolute Gasteiger partial charge is 0.382 e. The summed E-state index contributed by atoms with van der Waals surface area (Å²) in [6.45, 7) is -4.80. The van der Waals surface area contributed by atoms with Crippen LogP contribution in [0.5, 0.6) is 0 Å². The number of sulfonamides is 1. The molecule has 0 radical (unpaired) electrons. The first-order valence-electron chi connectivity index (χ1n) is 17.7. The number of anilines is 2. The zero-order chi connectivity index (χ0) is 42.6. The molecule has 0 aliphatic carbocycles. The van der Waals surface area contributed by atoms with Crippen LogP contribution in [0.3, 0.4) is 0 Å². The van der Waals surface area contributed by atoms with Gasteiger partial charge in [-0.2, -0.15) is 0 Å². The fraction of sp³-hybridized carbons (Fsp3) is 0.364. The quantitative estimate of drug-likeness (QED) is 0.162. The molecule has 8 rings (SSSR count). The number of alkyl halides is 2. The van der Waals surface area contributed by atoms with Gasteiger partial charge in [-0.3, -0.25) is 41.7 Å². The van der Waals surface area contributed by atoms with Crippen LogP contribution in [0, 0.1) is 6.92 Å². The van der Waals surface area contributed by atoms with Gasteiger partial charge >= 0.3 is 20.3 Å². The molecule has 320 valence electrons. The third-order valence-corrected chi connectivity index (χ3v) is 15.6. The average molecular weight is 915 g/mol. The molecule has 3 fully saturated rings. The Morgan fingerprint density at radius 3 is 2.25 bits per heavy atom. The number of nitrogens with zero attached hydrogens (tertiary/aromatic N) is 5. The first-order valence-corrected chi connectivity index (χ1v) is 23.9. The number of ether oxygens (including phenoxy) is 2. The molecule has 0 amide bonds. The number of phosphoric acid groups is 1. The van der Waals surface area contributed by atoms with Crippen molar-refractivity contribution in [1.29, 1.82) is 0 Å². The predicted molar refractivity (Wildman–Crippen MR) is 207 cm³/mol. The number of rotatable bonds is 8. The number of halogens is 2. The molecule has 3 aromatic heterocycles. The summed E-state index contributed by atoms with van der Waals surface area (Å²) in [6, 6.07) is 13.1. The van der Waals surface area contributed by atoms with Crippen molar-refractivity contribution in [1.82, 2.24) is 29.1 Å². The maximum Gasteiger partial charge on any atom is 0.472 e. The maximum absolute atomic E-state index is 16.4. The number of benzene rings is 2. The van der Waals surface area contributed by atoms with Gasteiger partial charge in [-0.15, -0.1) is 0 Å². The van der Waals surface area contributed by atoms with E-state index in [9.17, 15) is 32.0 Å². The number of imidazole rings is 1. The minimum Gasteiger partial charge on any atom is -0.382 e. The summed E-state index contributed by atoms with van der Waals surface area (Å²) in [4.78, 5) is 49.5. The third-order valence-electron chi connectivity index (χ3n) is 9.55. The van der Waals surface area contributed by atoms with Crippen LogP contribution < -0.4 is 21.7 Å². The van der Waals surface area contributed by atoms with Crippen molar-refractivity contribution in [2.24, 2.45) is 0 Å². The molecule has 60 heavy (non-hydrogen) atoms. The third kappa shape index (κ3) is 8.70. The van der Waals surface area contributed by atoms with E-state index in [1.54, 1.807) is 24.3 Å². The van der Waals surface area contributed by atoms with Crippen LogP contribution in [0.25, 0.3) is 11.2 Å². The molecule has 6 heterocycles. The summed E-state index contributed by atoms with van der Waals surface area (Å²) in [7, 11) is -9.29. The summed E-state index contributed by atoms with van der Waals surface area (Å²) in [6.07, 6.45) is -12.2. The van der Waals surface area contributed by atoms with Crippen molar-refractivity contribution in [3.05, 3.63) is 105 Å². The Hall–Kier alpha value is -4.39. The minimum absolute atomic E-state index is 0.0327. The second-order valence-corrected chi connectivity index (χ2v) is 20.8. The molecule has 3 aliphatic heterocycles. The summed E-state index contributed by atoms with van der Waals surface area (Å²) >= 11 is 0.510. The van der Waals surface area contributed by atoms with Gasteiger partial charge < -0.3 is 20.1 Å². The van der Waals surface area contributed by atoms with Crippen LogP contribution in [0.1, 0.15) is 23.6 Å². The molecular weight excluding hydrogens is 880 g/mol. The highest BCUT2D eigenvalue weighted by Crippen LogP contribution is 2.65. The highest BCUT2D eigenvalue weighted by molar-refractivity contribution is 8.54. The number of hydrogen-bond donors (Lipinski definition) is 4. The molecule has 3 aliphatic rings. The number of hydrogen-bond acceptors (Lipinski definition) is 17. The van der Waals surface area contributed by atoms with Crippen molar-refractivity contribution >= 4 is 58.7 Å². The molecule has 0 spiro atoms. The molecule has 4 bridgehead atoms. The number of nitrogens with one attached hydrogen (secondary N) is 2. The van der Waals surface area contributed by atoms with Gasteiger partial charge in [0.05, 0.1) is 24.4 Å². The average Bonchev–Trinajstić information content (AvgIpc) is 3.86. The summed E-state index contributed by atoms with van der Waals surface area (Å²) < 4.78 is 125. The Kier molecular flexibility index (Phi) is 11.6. The number of aromatic amines is 1. The number of nitrogen functional groups attached to an aromatic ring is 1. The minimum atomic E-state index is -5.28. The lowest BCUT2D eigenvalue weighted by Crippen LogP contribution is -2.38. The van der Waals surface area contributed by atoms with Crippen LogP contribution in [0.4, 0.5) is 20.3 Å². The van der Waals surface area contributed by atoms with E-state index in [1.165, 1.54) is 28.8 Å². The molecule has 2 aromatic carbocycles. The largest absolute Gasteiger partial charge is 0.472 e. The molecule has 0 saturated carbocycles. The normalized spacial score (nSPS) is 31.2. The summed E-state index contributed by atoms with van der Waals surface area (Å²) in [5.41, 5.74) is 5.83. The van der Waals surface area contributed by atoms with E-state index >= 15 is 8.78 Å². The Balaban J connectivity index is 1.10. The van der Waals surface area contributed by atoms with E-state index in [-0.39, 0.29) is 27.6 Å². The monoisotopic (exact) mass is 914 g/mol. The van der Waals surface area contributed by atoms with Gasteiger partial charge in [0.15, 0.2) is 36.3 Å². The van der Waals surface area contributed by atoms with Crippen molar-refractivity contribution in [3.63, 3.8) is 0 Å².